The van der Waals surface area contributed by atoms with Crippen LogP contribution in [0.25, 0.3) is 0 Å². The van der Waals surface area contributed by atoms with Crippen molar-refractivity contribution in [2.75, 3.05) is 26.7 Å². The van der Waals surface area contributed by atoms with Gasteiger partial charge in [0, 0.05) is 24.7 Å². The van der Waals surface area contributed by atoms with E-state index in [0.29, 0.717) is 17.7 Å². The van der Waals surface area contributed by atoms with Crippen LogP contribution in [0.5, 0.6) is 11.5 Å². The van der Waals surface area contributed by atoms with Crippen molar-refractivity contribution in [2.45, 2.75) is 71.1 Å². The van der Waals surface area contributed by atoms with Crippen molar-refractivity contribution in [3.05, 3.63) is 89.7 Å². The summed E-state index contributed by atoms with van der Waals surface area (Å²) in [4.78, 5) is 41.8. The minimum atomic E-state index is -4.58. The van der Waals surface area contributed by atoms with Crippen molar-refractivity contribution in [2.24, 2.45) is 5.73 Å². The van der Waals surface area contributed by atoms with Gasteiger partial charge >= 0.3 is 30.6 Å². The number of amides is 3. The largest absolute Gasteiger partial charge is 0.506 e. The zero-order valence-electron chi connectivity index (χ0n) is 30.0. The van der Waals surface area contributed by atoms with Crippen LogP contribution < -0.4 is 10.5 Å². The molecule has 1 saturated heterocycles. The molecule has 2 unspecified atom stereocenters. The molecule has 1 aliphatic rings. The number of nitrogens with two attached hydrogens (primary N) is 1. The molecule has 52 heavy (non-hydrogen) atoms. The number of carbonyl (C=O) groups is 3. The van der Waals surface area contributed by atoms with Crippen LogP contribution in [-0.4, -0.2) is 88.9 Å². The zero-order valence-corrected chi connectivity index (χ0v) is 30.0. The average molecular weight is 735 g/mol. The smallest absolute Gasteiger partial charge is 0.461 e. The maximum absolute atomic E-state index is 13.3. The highest BCUT2D eigenvalue weighted by Crippen LogP contribution is 2.33. The van der Waals surface area contributed by atoms with Crippen molar-refractivity contribution in [3.8, 4) is 24.3 Å². The number of rotatable bonds is 8. The summed E-state index contributed by atoms with van der Waals surface area (Å²) in [7, 11) is 1.22. The molecule has 3 aromatic rings. The third-order valence-electron chi connectivity index (χ3n) is 6.97. The Hall–Kier alpha value is -5.52. The number of terminal acetylenes is 1. The zero-order chi connectivity index (χ0) is 39.6. The van der Waals surface area contributed by atoms with Crippen LogP contribution in [0.3, 0.4) is 0 Å². The van der Waals surface area contributed by atoms with Gasteiger partial charge in [-0.15, -0.1) is 12.8 Å². The molecule has 284 valence electrons. The summed E-state index contributed by atoms with van der Waals surface area (Å²) in [6, 6.07) is 16.7. The minimum Gasteiger partial charge on any atom is -0.506 e. The van der Waals surface area contributed by atoms with Gasteiger partial charge in [-0.3, -0.25) is 9.88 Å². The number of methoxy groups -OCH3 is 1. The Morgan fingerprint density at radius 1 is 1.00 bits per heavy atom. The van der Waals surface area contributed by atoms with Gasteiger partial charge in [0.15, 0.2) is 6.04 Å². The van der Waals surface area contributed by atoms with E-state index in [9.17, 15) is 37.1 Å². The summed E-state index contributed by atoms with van der Waals surface area (Å²) >= 11 is 0. The fourth-order valence-corrected chi connectivity index (χ4v) is 4.70. The van der Waals surface area contributed by atoms with E-state index in [1.165, 1.54) is 47.4 Å². The van der Waals surface area contributed by atoms with Crippen LogP contribution in [0.2, 0.25) is 0 Å². The Balaban J connectivity index is 0.000000498. The second-order valence-corrected chi connectivity index (χ2v) is 11.7. The SMILES string of the molecule is C#C.CC.COC(=O)C1CN(C(N)=O)CCN1C(=O)OC(C)(C)C.Oc1ccc(C(Cc2ccccc2)c2cccc(OC(F)(F)C(F)F)c2)nc1. The van der Waals surface area contributed by atoms with Crippen molar-refractivity contribution < 1.29 is 51.3 Å². The second-order valence-electron chi connectivity index (χ2n) is 11.7. The van der Waals surface area contributed by atoms with E-state index in [-0.39, 0.29) is 37.1 Å². The number of piperazine rings is 1. The van der Waals surface area contributed by atoms with Crippen molar-refractivity contribution in [1.82, 2.24) is 14.8 Å². The summed E-state index contributed by atoms with van der Waals surface area (Å²) < 4.78 is 65.5. The van der Waals surface area contributed by atoms with Crippen LogP contribution in [-0.2, 0) is 20.7 Å². The molecule has 3 amide bonds. The van der Waals surface area contributed by atoms with E-state index in [0.717, 1.165) is 5.56 Å². The number of benzene rings is 2. The molecule has 0 spiro atoms. The van der Waals surface area contributed by atoms with Gasteiger partial charge in [0.05, 0.1) is 19.9 Å². The van der Waals surface area contributed by atoms with E-state index in [2.05, 4.69) is 27.3 Å². The van der Waals surface area contributed by atoms with Gasteiger partial charge in [0.1, 0.15) is 17.1 Å². The van der Waals surface area contributed by atoms with Crippen molar-refractivity contribution in [1.29, 1.82) is 0 Å². The number of pyridine rings is 1. The summed E-state index contributed by atoms with van der Waals surface area (Å²) in [5.41, 5.74) is 6.68. The van der Waals surface area contributed by atoms with Gasteiger partial charge in [-0.1, -0.05) is 56.3 Å². The monoisotopic (exact) mass is 734 g/mol. The Labute approximate surface area is 301 Å². The number of urea groups is 1. The summed E-state index contributed by atoms with van der Waals surface area (Å²) in [5.74, 6) is -1.33. The highest BCUT2D eigenvalue weighted by atomic mass is 19.3. The Morgan fingerprint density at radius 3 is 2.15 bits per heavy atom. The van der Waals surface area contributed by atoms with Crippen molar-refractivity contribution >= 4 is 18.1 Å². The maximum Gasteiger partial charge on any atom is 0.461 e. The second kappa shape index (κ2) is 21.0. The summed E-state index contributed by atoms with van der Waals surface area (Å²) in [5, 5.41) is 9.49. The standard InChI is InChI=1S/C21H17F4NO2.C12H21N3O5.C2H6.C2H2/c22-20(23)21(24,25)28-17-8-4-7-15(12-17)18(11-14-5-2-1-3-6-14)19-10-9-16(27)13-26-19;1-12(2,3)20-11(18)15-6-5-14(10(13)17)7-8(15)9(16)19-4;2*1-2/h1-10,12-13,18,20,27H,11H2;8H,5-7H2,1-4H3,(H2,13,17);1-2H3;1-2H. The molecule has 1 fully saturated rings. The molecule has 2 heterocycles. The number of nitrogens with zero attached hydrogens (tertiary/aromatic N) is 3. The molecule has 0 saturated carbocycles. The first-order valence-corrected chi connectivity index (χ1v) is 16.1. The summed E-state index contributed by atoms with van der Waals surface area (Å²) in [6.45, 7) is 9.62. The maximum atomic E-state index is 13.3. The van der Waals surface area contributed by atoms with Crippen molar-refractivity contribution in [3.63, 3.8) is 0 Å². The van der Waals surface area contributed by atoms with Crippen LogP contribution in [0.1, 0.15) is 57.4 Å². The Bertz CT molecular complexity index is 1570. The van der Waals surface area contributed by atoms with Gasteiger partial charge in [0.2, 0.25) is 0 Å². The predicted octanol–water partition coefficient (Wildman–Crippen LogP) is 6.83. The molecule has 0 aliphatic carbocycles. The third-order valence-corrected chi connectivity index (χ3v) is 6.97. The lowest BCUT2D eigenvalue weighted by molar-refractivity contribution is -0.253. The number of halogens is 4. The van der Waals surface area contributed by atoms with E-state index in [4.69, 9.17) is 10.5 Å². The highest BCUT2D eigenvalue weighted by Gasteiger charge is 2.44. The number of hydrogen-bond donors (Lipinski definition) is 2. The molecule has 1 aliphatic heterocycles. The number of esters is 1. The molecule has 2 aromatic carbocycles. The quantitative estimate of drug-likeness (QED) is 0.146. The number of carbonyl (C=O) groups excluding carboxylic acids is 3. The Morgan fingerprint density at radius 2 is 1.63 bits per heavy atom. The normalized spacial score (nSPS) is 14.5. The lowest BCUT2D eigenvalue weighted by Crippen LogP contribution is -2.61. The molecule has 4 rings (SSSR count). The average Bonchev–Trinajstić information content (AvgIpc) is 3.12. The fourth-order valence-electron chi connectivity index (χ4n) is 4.70. The van der Waals surface area contributed by atoms with Gasteiger partial charge in [-0.25, -0.2) is 14.4 Å². The first-order chi connectivity index (χ1) is 24.5. The lowest BCUT2D eigenvalue weighted by atomic mass is 9.88. The predicted molar refractivity (Wildman–Crippen MR) is 187 cm³/mol. The first kappa shape index (κ1) is 44.5. The van der Waals surface area contributed by atoms with Crippen LogP contribution in [0, 0.1) is 12.8 Å². The van der Waals surface area contributed by atoms with Crippen LogP contribution in [0.15, 0.2) is 72.9 Å². The first-order valence-electron chi connectivity index (χ1n) is 16.1. The number of hydrogen-bond acceptors (Lipinski definition) is 8. The van der Waals surface area contributed by atoms with E-state index >= 15 is 0 Å². The van der Waals surface area contributed by atoms with Crippen LogP contribution >= 0.6 is 0 Å². The molecule has 0 bridgehead atoms. The summed E-state index contributed by atoms with van der Waals surface area (Å²) in [6.07, 6.45) is 0.656. The molecule has 11 nitrogen and oxygen atoms in total. The number of aromatic hydroxyl groups is 1. The van der Waals surface area contributed by atoms with E-state index in [1.807, 2.05) is 44.2 Å². The topological polar surface area (TPSA) is 145 Å². The molecule has 15 heteroatoms. The highest BCUT2D eigenvalue weighted by molar-refractivity contribution is 5.83. The third kappa shape index (κ3) is 14.0. The lowest BCUT2D eigenvalue weighted by Gasteiger charge is -2.39. The fraction of sp³-hybridized carbons (Fsp3) is 0.405. The molecule has 0 radical (unpaired) electrons. The van der Waals surface area contributed by atoms with E-state index in [1.54, 1.807) is 32.9 Å². The van der Waals surface area contributed by atoms with Gasteiger partial charge in [-0.05, 0) is 62.6 Å². The van der Waals surface area contributed by atoms with Gasteiger partial charge < -0.3 is 30.0 Å². The molecule has 3 N–H and O–H groups in total. The number of ether oxygens (including phenoxy) is 3. The number of alkyl halides is 4. The Kier molecular flexibility index (Phi) is 18.0. The molecular weight excluding hydrogens is 688 g/mol. The van der Waals surface area contributed by atoms with Gasteiger partial charge in [0.25, 0.3) is 0 Å². The van der Waals surface area contributed by atoms with E-state index < -0.39 is 42.3 Å². The molecule has 2 atom stereocenters. The number of primary amides is 1. The molecular formula is C37H46F4N4O7. The van der Waals surface area contributed by atoms with Crippen LogP contribution in [0.4, 0.5) is 27.2 Å². The minimum absolute atomic E-state index is 0.00124. The van der Waals surface area contributed by atoms with Gasteiger partial charge in [-0.2, -0.15) is 17.6 Å². The molecule has 1 aromatic heterocycles. The number of aromatic nitrogens is 1.